The lowest BCUT2D eigenvalue weighted by Crippen LogP contribution is -2.21. The Kier molecular flexibility index (Phi) is 3.14. The SMILES string of the molecule is CCOC(=O)/C=C1\C(=O)N(C)c2c(F)cccc21. The smallest absolute Gasteiger partial charge is 0.331 e. The summed E-state index contributed by atoms with van der Waals surface area (Å²) in [5.74, 6) is -1.51. The summed E-state index contributed by atoms with van der Waals surface area (Å²) in [5, 5.41) is 0. The van der Waals surface area contributed by atoms with Crippen molar-refractivity contribution in [1.82, 2.24) is 0 Å². The molecule has 0 aromatic heterocycles. The van der Waals surface area contributed by atoms with Gasteiger partial charge in [-0.15, -0.1) is 0 Å². The number of benzene rings is 1. The second-order valence-corrected chi connectivity index (χ2v) is 3.81. The lowest BCUT2D eigenvalue weighted by molar-refractivity contribution is -0.137. The van der Waals surface area contributed by atoms with E-state index in [4.69, 9.17) is 4.74 Å². The fraction of sp³-hybridized carbons (Fsp3) is 0.231. The highest BCUT2D eigenvalue weighted by Crippen LogP contribution is 2.37. The van der Waals surface area contributed by atoms with Crippen molar-refractivity contribution in [3.8, 4) is 0 Å². The van der Waals surface area contributed by atoms with E-state index in [0.717, 1.165) is 6.08 Å². The molecule has 0 saturated carbocycles. The van der Waals surface area contributed by atoms with Crippen molar-refractivity contribution >= 4 is 23.1 Å². The third-order valence-electron chi connectivity index (χ3n) is 2.70. The summed E-state index contributed by atoms with van der Waals surface area (Å²) in [6.07, 6.45) is 1.10. The predicted octanol–water partition coefficient (Wildman–Crippen LogP) is 1.75. The van der Waals surface area contributed by atoms with Crippen LogP contribution in [0.15, 0.2) is 24.3 Å². The molecule has 0 aliphatic carbocycles. The van der Waals surface area contributed by atoms with Crippen LogP contribution in [0.25, 0.3) is 5.57 Å². The van der Waals surface area contributed by atoms with E-state index >= 15 is 0 Å². The molecule has 0 fully saturated rings. The first-order valence-electron chi connectivity index (χ1n) is 5.51. The van der Waals surface area contributed by atoms with Crippen LogP contribution in [0, 0.1) is 5.82 Å². The number of amides is 1. The van der Waals surface area contributed by atoms with Crippen molar-refractivity contribution in [2.75, 3.05) is 18.6 Å². The molecule has 5 heteroatoms. The zero-order chi connectivity index (χ0) is 13.3. The molecule has 0 radical (unpaired) electrons. The van der Waals surface area contributed by atoms with Gasteiger partial charge in [0.05, 0.1) is 17.9 Å². The fourth-order valence-corrected chi connectivity index (χ4v) is 1.91. The van der Waals surface area contributed by atoms with Crippen LogP contribution < -0.4 is 4.90 Å². The van der Waals surface area contributed by atoms with Gasteiger partial charge in [0.25, 0.3) is 5.91 Å². The zero-order valence-corrected chi connectivity index (χ0v) is 10.1. The average molecular weight is 249 g/mol. The molecule has 18 heavy (non-hydrogen) atoms. The summed E-state index contributed by atoms with van der Waals surface area (Å²) in [6, 6.07) is 4.38. The van der Waals surface area contributed by atoms with Gasteiger partial charge in [0.2, 0.25) is 0 Å². The predicted molar refractivity (Wildman–Crippen MR) is 64.4 cm³/mol. The molecule has 4 nitrogen and oxygen atoms in total. The molecule has 0 bridgehead atoms. The lowest BCUT2D eigenvalue weighted by atomic mass is 10.1. The van der Waals surface area contributed by atoms with Gasteiger partial charge in [-0.2, -0.15) is 0 Å². The standard InChI is InChI=1S/C13H12FNO3/c1-3-18-11(16)7-9-8-5-4-6-10(14)12(8)15(2)13(9)17/h4-7H,3H2,1-2H3/b9-7-. The molecule has 1 heterocycles. The van der Waals surface area contributed by atoms with Crippen molar-refractivity contribution in [3.05, 3.63) is 35.7 Å². The van der Waals surface area contributed by atoms with E-state index in [0.29, 0.717) is 5.56 Å². The van der Waals surface area contributed by atoms with Crippen molar-refractivity contribution in [3.63, 3.8) is 0 Å². The Bertz CT molecular complexity index is 551. The van der Waals surface area contributed by atoms with Gasteiger partial charge in [0.15, 0.2) is 0 Å². The Labute approximate surface area is 104 Å². The molecule has 1 amide bonds. The molecule has 1 aromatic rings. The van der Waals surface area contributed by atoms with Crippen LogP contribution in [0.3, 0.4) is 0 Å². The normalized spacial score (nSPS) is 16.1. The first-order chi connectivity index (χ1) is 8.56. The Morgan fingerprint density at radius 1 is 1.50 bits per heavy atom. The van der Waals surface area contributed by atoms with E-state index < -0.39 is 17.7 Å². The van der Waals surface area contributed by atoms with Crippen LogP contribution in [0.1, 0.15) is 12.5 Å². The summed E-state index contributed by atoms with van der Waals surface area (Å²) in [7, 11) is 1.47. The van der Waals surface area contributed by atoms with Gasteiger partial charge in [-0.05, 0) is 13.0 Å². The van der Waals surface area contributed by atoms with Gasteiger partial charge in [-0.3, -0.25) is 4.79 Å². The maximum Gasteiger partial charge on any atom is 0.331 e. The monoisotopic (exact) mass is 249 g/mol. The van der Waals surface area contributed by atoms with E-state index in [1.807, 2.05) is 0 Å². The van der Waals surface area contributed by atoms with Crippen LogP contribution >= 0.6 is 0 Å². The molecular weight excluding hydrogens is 237 g/mol. The van der Waals surface area contributed by atoms with Crippen LogP contribution in [0.4, 0.5) is 10.1 Å². The number of anilines is 1. The molecule has 0 atom stereocenters. The van der Waals surface area contributed by atoms with Crippen LogP contribution in [-0.4, -0.2) is 25.5 Å². The summed E-state index contributed by atoms with van der Waals surface area (Å²) in [4.78, 5) is 24.5. The number of esters is 1. The minimum Gasteiger partial charge on any atom is -0.463 e. The highest BCUT2D eigenvalue weighted by atomic mass is 19.1. The van der Waals surface area contributed by atoms with Crippen molar-refractivity contribution in [2.45, 2.75) is 6.92 Å². The highest BCUT2D eigenvalue weighted by Gasteiger charge is 2.32. The van der Waals surface area contributed by atoms with Gasteiger partial charge in [0, 0.05) is 18.7 Å². The van der Waals surface area contributed by atoms with E-state index in [9.17, 15) is 14.0 Å². The quantitative estimate of drug-likeness (QED) is 0.592. The van der Waals surface area contributed by atoms with Crippen LogP contribution in [0.5, 0.6) is 0 Å². The van der Waals surface area contributed by atoms with Crippen molar-refractivity contribution in [1.29, 1.82) is 0 Å². The van der Waals surface area contributed by atoms with Gasteiger partial charge in [0.1, 0.15) is 5.82 Å². The molecule has 0 N–H and O–H groups in total. The summed E-state index contributed by atoms with van der Waals surface area (Å²) in [5.41, 5.74) is 0.763. The molecule has 1 aliphatic heterocycles. The van der Waals surface area contributed by atoms with E-state index in [2.05, 4.69) is 0 Å². The molecular formula is C13H12FNO3. The number of likely N-dealkylation sites (N-methyl/N-ethyl adjacent to an activating group) is 1. The first-order valence-corrected chi connectivity index (χ1v) is 5.51. The maximum absolute atomic E-state index is 13.6. The molecule has 2 rings (SSSR count). The Balaban J connectivity index is 2.50. The number of ether oxygens (including phenoxy) is 1. The Hall–Kier alpha value is -2.17. The molecule has 94 valence electrons. The number of rotatable bonds is 2. The van der Waals surface area contributed by atoms with Crippen LogP contribution in [0.2, 0.25) is 0 Å². The Morgan fingerprint density at radius 3 is 2.89 bits per heavy atom. The second kappa shape index (κ2) is 4.60. The van der Waals surface area contributed by atoms with Crippen molar-refractivity contribution in [2.24, 2.45) is 0 Å². The zero-order valence-electron chi connectivity index (χ0n) is 10.1. The summed E-state index contributed by atoms with van der Waals surface area (Å²) < 4.78 is 18.4. The van der Waals surface area contributed by atoms with Gasteiger partial charge < -0.3 is 9.64 Å². The van der Waals surface area contributed by atoms with Crippen LogP contribution in [-0.2, 0) is 14.3 Å². The van der Waals surface area contributed by atoms with Crippen molar-refractivity contribution < 1.29 is 18.7 Å². The summed E-state index contributed by atoms with van der Waals surface area (Å²) in [6.45, 7) is 1.90. The average Bonchev–Trinajstić information content (AvgIpc) is 2.56. The summed E-state index contributed by atoms with van der Waals surface area (Å²) >= 11 is 0. The number of halogens is 1. The number of fused-ring (bicyclic) bond motifs is 1. The molecule has 1 aliphatic rings. The van der Waals surface area contributed by atoms with E-state index in [1.54, 1.807) is 13.0 Å². The molecule has 0 unspecified atom stereocenters. The third kappa shape index (κ3) is 1.88. The largest absolute Gasteiger partial charge is 0.463 e. The number of hydrogen-bond acceptors (Lipinski definition) is 3. The Morgan fingerprint density at radius 2 is 2.22 bits per heavy atom. The fourth-order valence-electron chi connectivity index (χ4n) is 1.91. The maximum atomic E-state index is 13.6. The number of para-hydroxylation sites is 1. The van der Waals surface area contributed by atoms with Gasteiger partial charge in [-0.25, -0.2) is 9.18 Å². The van der Waals surface area contributed by atoms with E-state index in [1.165, 1.54) is 24.1 Å². The first kappa shape index (κ1) is 12.3. The number of carbonyl (C=O) groups excluding carboxylic acids is 2. The molecule has 0 saturated heterocycles. The second-order valence-electron chi connectivity index (χ2n) is 3.81. The number of nitrogens with zero attached hydrogens (tertiary/aromatic N) is 1. The number of hydrogen-bond donors (Lipinski definition) is 0. The third-order valence-corrected chi connectivity index (χ3v) is 2.70. The minimum atomic E-state index is -0.605. The lowest BCUT2D eigenvalue weighted by Gasteiger charge is -2.09. The topological polar surface area (TPSA) is 46.6 Å². The van der Waals surface area contributed by atoms with Gasteiger partial charge >= 0.3 is 5.97 Å². The van der Waals surface area contributed by atoms with E-state index in [-0.39, 0.29) is 17.9 Å². The minimum absolute atomic E-state index is 0.158. The number of carbonyl (C=O) groups is 2. The molecule has 1 aromatic carbocycles. The highest BCUT2D eigenvalue weighted by molar-refractivity contribution is 6.34. The van der Waals surface area contributed by atoms with Gasteiger partial charge in [-0.1, -0.05) is 12.1 Å². The molecule has 0 spiro atoms.